The van der Waals surface area contributed by atoms with Gasteiger partial charge in [-0.25, -0.2) is 0 Å². The largest absolute Gasteiger partial charge is 0.310 e. The third-order valence-electron chi connectivity index (χ3n) is 11.2. The van der Waals surface area contributed by atoms with Gasteiger partial charge < -0.3 is 9.47 Å². The van der Waals surface area contributed by atoms with Crippen molar-refractivity contribution in [3.05, 3.63) is 205 Å². The van der Waals surface area contributed by atoms with Gasteiger partial charge >= 0.3 is 0 Å². The van der Waals surface area contributed by atoms with Crippen molar-refractivity contribution in [2.24, 2.45) is 0 Å². The van der Waals surface area contributed by atoms with Crippen LogP contribution in [0.25, 0.3) is 60.9 Å². The van der Waals surface area contributed by atoms with E-state index in [0.717, 1.165) is 22.7 Å². The molecule has 53 heavy (non-hydrogen) atoms. The minimum atomic E-state index is -0.109. The van der Waals surface area contributed by atoms with Gasteiger partial charge in [0.1, 0.15) is 0 Å². The lowest BCUT2D eigenvalue weighted by Crippen LogP contribution is -2.16. The van der Waals surface area contributed by atoms with E-state index in [0.29, 0.717) is 0 Å². The quantitative estimate of drug-likeness (QED) is 0.170. The first kappa shape index (κ1) is 31.1. The van der Waals surface area contributed by atoms with Gasteiger partial charge in [-0.15, -0.1) is 0 Å². The van der Waals surface area contributed by atoms with Crippen molar-refractivity contribution in [1.82, 2.24) is 4.57 Å². The standard InChI is InChI=1S/C51H38N2/c1-51(2)46-23-13-12-21-43(46)44-31-29-41(34-47(44)51)52(39-27-25-36(26-28-39)35-15-6-3-7-16-35)40-30-32-48-45(33-40)50-42(37-17-8-4-9-18-37)22-14-24-49(50)53(48)38-19-10-5-11-20-38/h3-34H,1-2H3. The Bertz CT molecular complexity index is 2780. The van der Waals surface area contributed by atoms with Gasteiger partial charge in [0.25, 0.3) is 0 Å². The molecule has 9 aromatic rings. The molecule has 8 aromatic carbocycles. The normalized spacial score (nSPS) is 12.9. The van der Waals surface area contributed by atoms with Crippen molar-refractivity contribution in [3.63, 3.8) is 0 Å². The second-order valence-electron chi connectivity index (χ2n) is 14.6. The molecule has 2 heteroatoms. The Labute approximate surface area is 310 Å². The first-order valence-electron chi connectivity index (χ1n) is 18.4. The number of rotatable bonds is 6. The summed E-state index contributed by atoms with van der Waals surface area (Å²) in [5, 5.41) is 2.48. The Balaban J connectivity index is 1.22. The monoisotopic (exact) mass is 678 g/mol. The third-order valence-corrected chi connectivity index (χ3v) is 11.2. The summed E-state index contributed by atoms with van der Waals surface area (Å²) in [5.74, 6) is 0. The van der Waals surface area contributed by atoms with Crippen LogP contribution in [0.4, 0.5) is 17.1 Å². The molecular weight excluding hydrogens is 641 g/mol. The van der Waals surface area contributed by atoms with Gasteiger partial charge in [-0.3, -0.25) is 0 Å². The van der Waals surface area contributed by atoms with Crippen LogP contribution in [-0.4, -0.2) is 4.57 Å². The van der Waals surface area contributed by atoms with Gasteiger partial charge in [0.05, 0.1) is 11.0 Å². The Morgan fingerprint density at radius 1 is 0.396 bits per heavy atom. The van der Waals surface area contributed by atoms with Crippen LogP contribution >= 0.6 is 0 Å². The molecule has 0 fully saturated rings. The molecule has 1 aliphatic rings. The lowest BCUT2D eigenvalue weighted by molar-refractivity contribution is 0.660. The molecule has 0 N–H and O–H groups in total. The number of hydrogen-bond acceptors (Lipinski definition) is 1. The van der Waals surface area contributed by atoms with E-state index < -0.39 is 0 Å². The Morgan fingerprint density at radius 2 is 0.962 bits per heavy atom. The van der Waals surface area contributed by atoms with Gasteiger partial charge in [0.2, 0.25) is 0 Å². The van der Waals surface area contributed by atoms with Crippen molar-refractivity contribution < 1.29 is 0 Å². The Hall–Kier alpha value is -6.64. The molecule has 252 valence electrons. The summed E-state index contributed by atoms with van der Waals surface area (Å²) in [5.41, 5.74) is 17.1. The molecular formula is C51H38N2. The van der Waals surface area contributed by atoms with Gasteiger partial charge in [0.15, 0.2) is 0 Å². The van der Waals surface area contributed by atoms with Crippen molar-refractivity contribution in [2.75, 3.05) is 4.90 Å². The average molecular weight is 679 g/mol. The second-order valence-corrected chi connectivity index (χ2v) is 14.6. The number of aromatic nitrogens is 1. The van der Waals surface area contributed by atoms with Crippen LogP contribution in [0.1, 0.15) is 25.0 Å². The topological polar surface area (TPSA) is 8.17 Å². The van der Waals surface area contributed by atoms with Crippen LogP contribution in [0.15, 0.2) is 194 Å². The number of para-hydroxylation sites is 1. The van der Waals surface area contributed by atoms with Crippen LogP contribution in [0, 0.1) is 0 Å². The highest BCUT2D eigenvalue weighted by atomic mass is 15.1. The summed E-state index contributed by atoms with van der Waals surface area (Å²) in [7, 11) is 0. The number of fused-ring (bicyclic) bond motifs is 6. The summed E-state index contributed by atoms with van der Waals surface area (Å²) in [6, 6.07) is 70.8. The van der Waals surface area contributed by atoms with Crippen LogP contribution < -0.4 is 4.90 Å². The predicted octanol–water partition coefficient (Wildman–Crippen LogP) is 13.9. The average Bonchev–Trinajstić information content (AvgIpc) is 3.67. The number of benzene rings is 8. The van der Waals surface area contributed by atoms with Crippen LogP contribution in [0.5, 0.6) is 0 Å². The van der Waals surface area contributed by atoms with Crippen molar-refractivity contribution in [2.45, 2.75) is 19.3 Å². The van der Waals surface area contributed by atoms with E-state index in [1.165, 1.54) is 66.3 Å². The van der Waals surface area contributed by atoms with E-state index in [1.807, 2.05) is 0 Å². The zero-order valence-corrected chi connectivity index (χ0v) is 29.9. The van der Waals surface area contributed by atoms with Crippen molar-refractivity contribution >= 4 is 38.9 Å². The molecule has 0 saturated carbocycles. The molecule has 10 rings (SSSR count). The molecule has 0 amide bonds. The maximum Gasteiger partial charge on any atom is 0.0547 e. The smallest absolute Gasteiger partial charge is 0.0547 e. The zero-order valence-electron chi connectivity index (χ0n) is 29.9. The SMILES string of the molecule is CC1(C)c2ccccc2-c2ccc(N(c3ccc(-c4ccccc4)cc3)c3ccc4c(c3)c3c(-c5ccccc5)cccc3n4-c3ccccc3)cc21. The molecule has 0 atom stereocenters. The van der Waals surface area contributed by atoms with Gasteiger partial charge in [-0.05, 0) is 105 Å². The number of nitrogens with zero attached hydrogens (tertiary/aromatic N) is 2. The number of hydrogen-bond donors (Lipinski definition) is 0. The van der Waals surface area contributed by atoms with E-state index in [1.54, 1.807) is 0 Å². The molecule has 0 saturated heterocycles. The molecule has 1 heterocycles. The molecule has 0 radical (unpaired) electrons. The third kappa shape index (κ3) is 5.02. The van der Waals surface area contributed by atoms with E-state index in [2.05, 4.69) is 217 Å². The summed E-state index contributed by atoms with van der Waals surface area (Å²) in [4.78, 5) is 2.43. The first-order valence-corrected chi connectivity index (χ1v) is 18.4. The molecule has 0 unspecified atom stereocenters. The van der Waals surface area contributed by atoms with Crippen molar-refractivity contribution in [3.8, 4) is 39.1 Å². The minimum Gasteiger partial charge on any atom is -0.310 e. The summed E-state index contributed by atoms with van der Waals surface area (Å²) < 4.78 is 2.41. The predicted molar refractivity (Wildman–Crippen MR) is 224 cm³/mol. The van der Waals surface area contributed by atoms with Crippen molar-refractivity contribution in [1.29, 1.82) is 0 Å². The summed E-state index contributed by atoms with van der Waals surface area (Å²) >= 11 is 0. The molecule has 2 nitrogen and oxygen atoms in total. The van der Waals surface area contributed by atoms with Crippen LogP contribution in [0.2, 0.25) is 0 Å². The fourth-order valence-electron chi connectivity index (χ4n) is 8.62. The maximum atomic E-state index is 2.43. The maximum absolute atomic E-state index is 2.43. The van der Waals surface area contributed by atoms with Gasteiger partial charge in [0, 0.05) is 38.9 Å². The lowest BCUT2D eigenvalue weighted by Gasteiger charge is -2.28. The van der Waals surface area contributed by atoms with E-state index >= 15 is 0 Å². The van der Waals surface area contributed by atoms with Crippen LogP contribution in [0.3, 0.4) is 0 Å². The van der Waals surface area contributed by atoms with Crippen LogP contribution in [-0.2, 0) is 5.41 Å². The van der Waals surface area contributed by atoms with Gasteiger partial charge in [-0.1, -0.05) is 147 Å². The van der Waals surface area contributed by atoms with Gasteiger partial charge in [-0.2, -0.15) is 0 Å². The molecule has 1 aromatic heterocycles. The van der Waals surface area contributed by atoms with E-state index in [9.17, 15) is 0 Å². The fraction of sp³-hybridized carbons (Fsp3) is 0.0588. The molecule has 0 aliphatic heterocycles. The molecule has 0 spiro atoms. The molecule has 0 bridgehead atoms. The zero-order chi connectivity index (χ0) is 35.5. The second kappa shape index (κ2) is 12.3. The summed E-state index contributed by atoms with van der Waals surface area (Å²) in [6.45, 7) is 4.71. The van der Waals surface area contributed by atoms with E-state index in [-0.39, 0.29) is 5.41 Å². The highest BCUT2D eigenvalue weighted by Crippen LogP contribution is 2.51. The fourth-order valence-corrected chi connectivity index (χ4v) is 8.62. The first-order chi connectivity index (χ1) is 26.1. The Morgan fingerprint density at radius 3 is 1.72 bits per heavy atom. The summed E-state index contributed by atoms with van der Waals surface area (Å²) in [6.07, 6.45) is 0. The number of anilines is 3. The molecule has 1 aliphatic carbocycles. The highest BCUT2D eigenvalue weighted by molar-refractivity contribution is 6.16. The lowest BCUT2D eigenvalue weighted by atomic mass is 9.82. The minimum absolute atomic E-state index is 0.109. The van der Waals surface area contributed by atoms with E-state index in [4.69, 9.17) is 0 Å². The Kier molecular flexibility index (Phi) is 7.19. The highest BCUT2D eigenvalue weighted by Gasteiger charge is 2.35.